The van der Waals surface area contributed by atoms with Crippen molar-refractivity contribution in [3.63, 3.8) is 0 Å². The van der Waals surface area contributed by atoms with Crippen molar-refractivity contribution in [2.75, 3.05) is 13.2 Å². The Morgan fingerprint density at radius 2 is 2.20 bits per heavy atom. The fourth-order valence-corrected chi connectivity index (χ4v) is 1.80. The van der Waals surface area contributed by atoms with Gasteiger partial charge in [0.15, 0.2) is 9.76 Å². The van der Waals surface area contributed by atoms with Gasteiger partial charge in [0.2, 0.25) is 0 Å². The summed E-state index contributed by atoms with van der Waals surface area (Å²) in [6.45, 7) is 3.99. The van der Waals surface area contributed by atoms with Crippen LogP contribution in [0.2, 0.25) is 6.04 Å². The van der Waals surface area contributed by atoms with Gasteiger partial charge >= 0.3 is 0 Å². The molecule has 62 valence electrons. The maximum Gasteiger partial charge on any atom is 0.161 e. The first-order chi connectivity index (χ1) is 4.91. The van der Waals surface area contributed by atoms with E-state index >= 15 is 0 Å². The van der Waals surface area contributed by atoms with Gasteiger partial charge in [0.25, 0.3) is 0 Å². The molecule has 0 aromatic rings. The summed E-state index contributed by atoms with van der Waals surface area (Å²) in [6.07, 6.45) is 3.61. The molecular weight excluding hydrogens is 142 g/mol. The fourth-order valence-electron chi connectivity index (χ4n) is 0.697. The highest BCUT2D eigenvalue weighted by atomic mass is 28.2. The molecule has 0 aliphatic rings. The quantitative estimate of drug-likeness (QED) is 0.439. The smallest absolute Gasteiger partial charge is 0.161 e. The van der Waals surface area contributed by atoms with Crippen molar-refractivity contribution < 1.29 is 4.43 Å². The Labute approximate surface area is 66.1 Å². The van der Waals surface area contributed by atoms with E-state index in [1.54, 1.807) is 0 Å². The van der Waals surface area contributed by atoms with E-state index in [1.807, 2.05) is 0 Å². The van der Waals surface area contributed by atoms with E-state index < -0.39 is 0 Å². The molecule has 0 atom stereocenters. The lowest BCUT2D eigenvalue weighted by Crippen LogP contribution is -2.04. The minimum Gasteiger partial charge on any atom is -0.424 e. The zero-order chi connectivity index (χ0) is 7.66. The van der Waals surface area contributed by atoms with Crippen LogP contribution in [0.1, 0.15) is 26.2 Å². The number of hydrogen-bond acceptors (Lipinski definition) is 2. The maximum atomic E-state index is 5.46. The van der Waals surface area contributed by atoms with Crippen molar-refractivity contribution in [2.45, 2.75) is 32.2 Å². The van der Waals surface area contributed by atoms with Gasteiger partial charge in [-0.1, -0.05) is 13.3 Å². The fraction of sp³-hybridized carbons (Fsp3) is 1.00. The van der Waals surface area contributed by atoms with Gasteiger partial charge in [0.05, 0.1) is 0 Å². The van der Waals surface area contributed by atoms with Crippen LogP contribution in [-0.2, 0) is 4.43 Å². The van der Waals surface area contributed by atoms with E-state index in [2.05, 4.69) is 6.92 Å². The standard InChI is InChI=1S/C7H19NOSi/c1-2-3-6-9-10-7-4-5-8/h2-8,10H2,1H3. The van der Waals surface area contributed by atoms with Gasteiger partial charge in [-0.15, -0.1) is 0 Å². The highest BCUT2D eigenvalue weighted by molar-refractivity contribution is 6.26. The van der Waals surface area contributed by atoms with Gasteiger partial charge in [0, 0.05) is 6.61 Å². The Morgan fingerprint density at radius 1 is 1.40 bits per heavy atom. The predicted molar refractivity (Wildman–Crippen MR) is 47.9 cm³/mol. The zero-order valence-electron chi connectivity index (χ0n) is 6.94. The summed E-state index contributed by atoms with van der Waals surface area (Å²) in [5.41, 5.74) is 5.34. The minimum atomic E-state index is -0.200. The molecule has 2 nitrogen and oxygen atoms in total. The van der Waals surface area contributed by atoms with Gasteiger partial charge in [-0.25, -0.2) is 0 Å². The van der Waals surface area contributed by atoms with Crippen LogP contribution in [0, 0.1) is 0 Å². The number of rotatable bonds is 7. The molecule has 0 heterocycles. The molecule has 0 rings (SSSR count). The normalized spacial score (nSPS) is 11.4. The molecule has 10 heavy (non-hydrogen) atoms. The van der Waals surface area contributed by atoms with Crippen LogP contribution in [0.3, 0.4) is 0 Å². The van der Waals surface area contributed by atoms with E-state index in [4.69, 9.17) is 10.2 Å². The van der Waals surface area contributed by atoms with Crippen molar-refractivity contribution in [2.24, 2.45) is 5.73 Å². The lowest BCUT2D eigenvalue weighted by molar-refractivity contribution is 0.325. The van der Waals surface area contributed by atoms with Gasteiger partial charge in [0.1, 0.15) is 0 Å². The molecule has 0 aromatic carbocycles. The third-order valence-electron chi connectivity index (χ3n) is 1.39. The van der Waals surface area contributed by atoms with Gasteiger partial charge in [-0.3, -0.25) is 0 Å². The second-order valence-corrected chi connectivity index (χ2v) is 3.99. The summed E-state index contributed by atoms with van der Waals surface area (Å²) >= 11 is 0. The van der Waals surface area contributed by atoms with E-state index in [0.29, 0.717) is 0 Å². The molecule has 0 aromatic heterocycles. The second kappa shape index (κ2) is 9.14. The molecule has 3 heteroatoms. The molecule has 0 unspecified atom stereocenters. The van der Waals surface area contributed by atoms with Gasteiger partial charge < -0.3 is 10.2 Å². The topological polar surface area (TPSA) is 35.2 Å². The first-order valence-corrected chi connectivity index (χ1v) is 5.77. The Bertz CT molecular complexity index is 53.6. The van der Waals surface area contributed by atoms with E-state index in [-0.39, 0.29) is 9.76 Å². The molecule has 0 aliphatic carbocycles. The Kier molecular flexibility index (Phi) is 9.26. The van der Waals surface area contributed by atoms with Crippen molar-refractivity contribution in [3.05, 3.63) is 0 Å². The van der Waals surface area contributed by atoms with Crippen molar-refractivity contribution in [1.29, 1.82) is 0 Å². The molecule has 2 N–H and O–H groups in total. The highest BCUT2D eigenvalue weighted by Crippen LogP contribution is 1.90. The lowest BCUT2D eigenvalue weighted by atomic mass is 10.4. The van der Waals surface area contributed by atoms with Crippen LogP contribution in [0.25, 0.3) is 0 Å². The maximum absolute atomic E-state index is 5.46. The molecule has 0 aliphatic heterocycles. The van der Waals surface area contributed by atoms with Gasteiger partial charge in [-0.05, 0) is 25.4 Å². The molecule has 0 saturated carbocycles. The van der Waals surface area contributed by atoms with Crippen LogP contribution >= 0.6 is 0 Å². The second-order valence-electron chi connectivity index (χ2n) is 2.46. The van der Waals surface area contributed by atoms with Crippen LogP contribution in [0.5, 0.6) is 0 Å². The first-order valence-electron chi connectivity index (χ1n) is 4.19. The molecule has 0 fully saturated rings. The van der Waals surface area contributed by atoms with Crippen molar-refractivity contribution >= 4 is 9.76 Å². The predicted octanol–water partition coefficient (Wildman–Crippen LogP) is 0.654. The van der Waals surface area contributed by atoms with Crippen LogP contribution in [0.15, 0.2) is 0 Å². The average molecular weight is 161 g/mol. The van der Waals surface area contributed by atoms with Crippen LogP contribution in [0.4, 0.5) is 0 Å². The molecule has 0 bridgehead atoms. The SMILES string of the molecule is CCCCO[SiH2]CCCN. The minimum absolute atomic E-state index is 0.200. The third kappa shape index (κ3) is 8.14. The summed E-state index contributed by atoms with van der Waals surface area (Å²) in [7, 11) is -0.200. The summed E-state index contributed by atoms with van der Waals surface area (Å²) < 4.78 is 5.46. The number of nitrogens with two attached hydrogens (primary N) is 1. The molecule has 0 saturated heterocycles. The van der Waals surface area contributed by atoms with E-state index in [9.17, 15) is 0 Å². The number of hydrogen-bond donors (Lipinski definition) is 1. The summed E-state index contributed by atoms with van der Waals surface area (Å²) in [4.78, 5) is 0. The molecular formula is C7H19NOSi. The third-order valence-corrected chi connectivity index (χ3v) is 2.75. The lowest BCUT2D eigenvalue weighted by Gasteiger charge is -2.00. The van der Waals surface area contributed by atoms with Crippen molar-refractivity contribution in [1.82, 2.24) is 0 Å². The Balaban J connectivity index is 2.65. The molecule has 0 spiro atoms. The van der Waals surface area contributed by atoms with E-state index in [1.165, 1.54) is 18.9 Å². The zero-order valence-corrected chi connectivity index (χ0v) is 8.35. The Morgan fingerprint density at radius 3 is 2.80 bits per heavy atom. The van der Waals surface area contributed by atoms with E-state index in [0.717, 1.165) is 19.6 Å². The van der Waals surface area contributed by atoms with Crippen molar-refractivity contribution in [3.8, 4) is 0 Å². The largest absolute Gasteiger partial charge is 0.424 e. The highest BCUT2D eigenvalue weighted by Gasteiger charge is 1.87. The first kappa shape index (κ1) is 10.1. The summed E-state index contributed by atoms with van der Waals surface area (Å²) in [6, 6.07) is 1.25. The van der Waals surface area contributed by atoms with Crippen LogP contribution < -0.4 is 5.73 Å². The summed E-state index contributed by atoms with van der Waals surface area (Å²) in [5, 5.41) is 0. The molecule has 0 amide bonds. The van der Waals surface area contributed by atoms with Gasteiger partial charge in [-0.2, -0.15) is 0 Å². The molecule has 0 radical (unpaired) electrons. The summed E-state index contributed by atoms with van der Waals surface area (Å²) in [5.74, 6) is 0. The Hall–Kier alpha value is 0.137. The average Bonchev–Trinajstić information content (AvgIpc) is 1.97. The monoisotopic (exact) mass is 161 g/mol. The number of unbranched alkanes of at least 4 members (excludes halogenated alkanes) is 1. The van der Waals surface area contributed by atoms with Crippen LogP contribution in [-0.4, -0.2) is 22.9 Å².